The summed E-state index contributed by atoms with van der Waals surface area (Å²) < 4.78 is 38.8. The molecule has 1 aromatic rings. The summed E-state index contributed by atoms with van der Waals surface area (Å²) in [7, 11) is -3.77. The Morgan fingerprint density at radius 1 is 1.40 bits per heavy atom. The van der Waals surface area contributed by atoms with Crippen molar-refractivity contribution in [1.82, 2.24) is 4.72 Å². The Morgan fingerprint density at radius 2 is 2.00 bits per heavy atom. The van der Waals surface area contributed by atoms with Crippen molar-refractivity contribution in [2.45, 2.75) is 23.4 Å². The largest absolute Gasteiger partial charge is 0.326 e. The van der Waals surface area contributed by atoms with Gasteiger partial charge < -0.3 is 5.73 Å². The van der Waals surface area contributed by atoms with Crippen molar-refractivity contribution in [2.75, 3.05) is 0 Å². The highest BCUT2D eigenvalue weighted by atomic mass is 32.2. The van der Waals surface area contributed by atoms with Gasteiger partial charge in [0, 0.05) is 12.1 Å². The number of halogens is 1. The third kappa shape index (κ3) is 2.17. The Morgan fingerprint density at radius 3 is 2.53 bits per heavy atom. The van der Waals surface area contributed by atoms with Crippen LogP contribution in [0, 0.1) is 5.82 Å². The van der Waals surface area contributed by atoms with E-state index >= 15 is 0 Å². The summed E-state index contributed by atoms with van der Waals surface area (Å²) in [6.07, 6.45) is 0.605. The van der Waals surface area contributed by atoms with E-state index in [1.54, 1.807) is 0 Å². The van der Waals surface area contributed by atoms with E-state index in [1.165, 1.54) is 18.2 Å². The quantitative estimate of drug-likeness (QED) is 0.779. The van der Waals surface area contributed by atoms with Crippen LogP contribution in [0.3, 0.4) is 0 Å². The molecule has 0 aromatic heterocycles. The number of hydrogen-bond donors (Lipinski definition) is 2. The van der Waals surface area contributed by atoms with E-state index in [-0.39, 0.29) is 17.0 Å². The standard InChI is InChI=1S/C9H11FN2O2S/c10-6-3-1-2-4-9(6)15(13,14)12-8-5-7(8)11/h1-4,7-8,12H,5,11H2. The molecular weight excluding hydrogens is 219 g/mol. The maximum absolute atomic E-state index is 13.2. The predicted molar refractivity (Wildman–Crippen MR) is 53.1 cm³/mol. The summed E-state index contributed by atoms with van der Waals surface area (Å²) in [6.45, 7) is 0. The van der Waals surface area contributed by atoms with E-state index in [0.29, 0.717) is 6.42 Å². The number of sulfonamides is 1. The molecule has 4 nitrogen and oxygen atoms in total. The smallest absolute Gasteiger partial charge is 0.243 e. The van der Waals surface area contributed by atoms with Crippen LogP contribution in [0.4, 0.5) is 4.39 Å². The van der Waals surface area contributed by atoms with Crippen LogP contribution in [0.2, 0.25) is 0 Å². The van der Waals surface area contributed by atoms with Crippen LogP contribution in [0.15, 0.2) is 29.2 Å². The van der Waals surface area contributed by atoms with Crippen LogP contribution in [0.5, 0.6) is 0 Å². The minimum absolute atomic E-state index is 0.147. The van der Waals surface area contributed by atoms with E-state index < -0.39 is 15.8 Å². The maximum atomic E-state index is 13.2. The monoisotopic (exact) mass is 230 g/mol. The van der Waals surface area contributed by atoms with Gasteiger partial charge in [0.05, 0.1) is 0 Å². The van der Waals surface area contributed by atoms with Crippen LogP contribution in [0.1, 0.15) is 6.42 Å². The van der Waals surface area contributed by atoms with E-state index in [1.807, 2.05) is 0 Å². The minimum atomic E-state index is -3.77. The fourth-order valence-corrected chi connectivity index (χ4v) is 2.65. The van der Waals surface area contributed by atoms with Crippen molar-refractivity contribution in [1.29, 1.82) is 0 Å². The van der Waals surface area contributed by atoms with Gasteiger partial charge in [-0.3, -0.25) is 0 Å². The molecule has 2 unspecified atom stereocenters. The summed E-state index contributed by atoms with van der Waals surface area (Å²) in [5.74, 6) is -0.751. The molecule has 1 aliphatic rings. The Hall–Kier alpha value is -0.980. The molecule has 0 aliphatic heterocycles. The molecule has 1 saturated carbocycles. The fourth-order valence-electron chi connectivity index (χ4n) is 1.28. The Bertz CT molecular complexity index is 475. The van der Waals surface area contributed by atoms with Crippen molar-refractivity contribution >= 4 is 10.0 Å². The van der Waals surface area contributed by atoms with Crippen molar-refractivity contribution in [2.24, 2.45) is 5.73 Å². The van der Waals surface area contributed by atoms with E-state index in [4.69, 9.17) is 5.73 Å². The normalized spacial score (nSPS) is 25.2. The van der Waals surface area contributed by atoms with E-state index in [0.717, 1.165) is 6.07 Å². The molecule has 6 heteroatoms. The zero-order valence-electron chi connectivity index (χ0n) is 7.85. The molecular formula is C9H11FN2O2S. The molecule has 0 saturated heterocycles. The van der Waals surface area contributed by atoms with Gasteiger partial charge in [0.2, 0.25) is 10.0 Å². The number of hydrogen-bond acceptors (Lipinski definition) is 3. The summed E-state index contributed by atoms with van der Waals surface area (Å²) in [6, 6.07) is 4.86. The topological polar surface area (TPSA) is 72.2 Å². The zero-order valence-corrected chi connectivity index (χ0v) is 8.67. The van der Waals surface area contributed by atoms with Gasteiger partial charge in [-0.05, 0) is 18.6 Å². The lowest BCUT2D eigenvalue weighted by molar-refractivity contribution is 0.556. The fraction of sp³-hybridized carbons (Fsp3) is 0.333. The lowest BCUT2D eigenvalue weighted by Crippen LogP contribution is -2.30. The van der Waals surface area contributed by atoms with Gasteiger partial charge in [-0.1, -0.05) is 12.1 Å². The molecule has 1 aliphatic carbocycles. The minimum Gasteiger partial charge on any atom is -0.326 e. The second-order valence-electron chi connectivity index (χ2n) is 3.56. The van der Waals surface area contributed by atoms with Crippen LogP contribution >= 0.6 is 0 Å². The summed E-state index contributed by atoms with van der Waals surface area (Å²) >= 11 is 0. The third-order valence-electron chi connectivity index (χ3n) is 2.27. The van der Waals surface area contributed by atoms with Crippen LogP contribution < -0.4 is 10.5 Å². The molecule has 1 fully saturated rings. The zero-order chi connectivity index (χ0) is 11.1. The van der Waals surface area contributed by atoms with Crippen molar-refractivity contribution in [3.05, 3.63) is 30.1 Å². The van der Waals surface area contributed by atoms with Gasteiger partial charge >= 0.3 is 0 Å². The van der Waals surface area contributed by atoms with Gasteiger partial charge in [-0.25, -0.2) is 17.5 Å². The van der Waals surface area contributed by atoms with Crippen LogP contribution in [-0.4, -0.2) is 20.5 Å². The second-order valence-corrected chi connectivity index (χ2v) is 5.24. The molecule has 15 heavy (non-hydrogen) atoms. The van der Waals surface area contributed by atoms with Gasteiger partial charge in [0.15, 0.2) is 0 Å². The molecule has 2 rings (SSSR count). The first kappa shape index (κ1) is 10.5. The van der Waals surface area contributed by atoms with E-state index in [2.05, 4.69) is 4.72 Å². The highest BCUT2D eigenvalue weighted by Gasteiger charge is 2.37. The first-order chi connectivity index (χ1) is 7.00. The predicted octanol–water partition coefficient (Wildman–Crippen LogP) is 0.204. The molecule has 0 spiro atoms. The first-order valence-corrected chi connectivity index (χ1v) is 6.01. The van der Waals surface area contributed by atoms with Crippen LogP contribution in [-0.2, 0) is 10.0 Å². The molecule has 0 amide bonds. The molecule has 0 radical (unpaired) electrons. The van der Waals surface area contributed by atoms with Crippen molar-refractivity contribution in [3.8, 4) is 0 Å². The summed E-state index contributed by atoms with van der Waals surface area (Å²) in [4.78, 5) is -0.330. The van der Waals surface area contributed by atoms with Gasteiger partial charge in [0.1, 0.15) is 10.7 Å². The van der Waals surface area contributed by atoms with Crippen molar-refractivity contribution in [3.63, 3.8) is 0 Å². The number of rotatable bonds is 3. The summed E-state index contributed by atoms with van der Waals surface area (Å²) in [5, 5.41) is 0. The molecule has 82 valence electrons. The van der Waals surface area contributed by atoms with Crippen LogP contribution in [0.25, 0.3) is 0 Å². The van der Waals surface area contributed by atoms with E-state index in [9.17, 15) is 12.8 Å². The van der Waals surface area contributed by atoms with Gasteiger partial charge in [-0.15, -0.1) is 0 Å². The number of nitrogens with one attached hydrogen (secondary N) is 1. The number of nitrogens with two attached hydrogens (primary N) is 1. The molecule has 2 atom stereocenters. The lowest BCUT2D eigenvalue weighted by atomic mass is 10.4. The Labute approximate surface area is 87.3 Å². The van der Waals surface area contributed by atoms with Gasteiger partial charge in [0.25, 0.3) is 0 Å². The number of benzene rings is 1. The highest BCUT2D eigenvalue weighted by molar-refractivity contribution is 7.89. The average Bonchev–Trinajstić information content (AvgIpc) is 2.81. The third-order valence-corrected chi connectivity index (χ3v) is 3.80. The molecule has 1 aromatic carbocycles. The Kier molecular flexibility index (Phi) is 2.49. The summed E-state index contributed by atoms with van der Waals surface area (Å²) in [5.41, 5.74) is 5.47. The van der Waals surface area contributed by atoms with Crippen molar-refractivity contribution < 1.29 is 12.8 Å². The second kappa shape index (κ2) is 3.55. The SMILES string of the molecule is NC1CC1NS(=O)(=O)c1ccccc1F. The molecule has 3 N–H and O–H groups in total. The Balaban J connectivity index is 2.26. The maximum Gasteiger partial charge on any atom is 0.243 e. The highest BCUT2D eigenvalue weighted by Crippen LogP contribution is 2.22. The molecule has 0 heterocycles. The lowest BCUT2D eigenvalue weighted by Gasteiger charge is -2.06. The average molecular weight is 230 g/mol. The first-order valence-electron chi connectivity index (χ1n) is 4.53. The van der Waals surface area contributed by atoms with Gasteiger partial charge in [-0.2, -0.15) is 0 Å². The molecule has 0 bridgehead atoms.